The second-order valence-corrected chi connectivity index (χ2v) is 14.1. The lowest BCUT2D eigenvalue weighted by Gasteiger charge is -2.42. The molecule has 2 nitrogen and oxygen atoms in total. The van der Waals surface area contributed by atoms with Crippen LogP contribution in [-0.4, -0.2) is 0 Å². The first-order valence-corrected chi connectivity index (χ1v) is 16.8. The summed E-state index contributed by atoms with van der Waals surface area (Å²) < 4.78 is 6.35. The van der Waals surface area contributed by atoms with E-state index in [0.717, 1.165) is 44.4 Å². The highest BCUT2D eigenvalue weighted by molar-refractivity contribution is 8.34. The molecule has 0 saturated carbocycles. The zero-order valence-corrected chi connectivity index (χ0v) is 25.5. The quantitative estimate of drug-likeness (QED) is 0.198. The molecule has 0 spiro atoms. The topological polar surface area (TPSA) is 25.2 Å². The van der Waals surface area contributed by atoms with E-state index in [4.69, 9.17) is 4.42 Å². The van der Waals surface area contributed by atoms with Crippen molar-refractivity contribution in [2.75, 3.05) is 5.32 Å². The fraction of sp³-hybridized carbons (Fsp3) is 0. The fourth-order valence-electron chi connectivity index (χ4n) is 6.38. The van der Waals surface area contributed by atoms with Crippen LogP contribution in [0.3, 0.4) is 0 Å². The van der Waals surface area contributed by atoms with Crippen LogP contribution in [0, 0.1) is 0 Å². The maximum Gasteiger partial charge on any atom is 0.158 e. The van der Waals surface area contributed by atoms with Crippen LogP contribution in [-0.2, 0) is 0 Å². The molecule has 0 bridgehead atoms. The Labute approximate surface area is 264 Å². The Hall–Kier alpha value is -5.51. The summed E-state index contributed by atoms with van der Waals surface area (Å²) >= 11 is 0. The van der Waals surface area contributed by atoms with E-state index in [1.165, 1.54) is 19.6 Å². The Morgan fingerprint density at radius 2 is 0.911 bits per heavy atom. The van der Waals surface area contributed by atoms with Crippen molar-refractivity contribution in [3.05, 3.63) is 182 Å². The molecule has 8 rings (SSSR count). The SMILES string of the molecule is c1ccc(S(c2ccccc2)(c2ccccc2)c2cccc(-c3ccccc3Nc3cccc4c3oc3ccccc34)c2)cc1. The van der Waals surface area contributed by atoms with Gasteiger partial charge in [0.2, 0.25) is 0 Å². The number of furan rings is 1. The monoisotopic (exact) mass is 597 g/mol. The molecule has 0 aliphatic carbocycles. The van der Waals surface area contributed by atoms with Crippen molar-refractivity contribution >= 4 is 43.3 Å². The summed E-state index contributed by atoms with van der Waals surface area (Å²) in [4.78, 5) is 5.21. The summed E-state index contributed by atoms with van der Waals surface area (Å²) in [6.07, 6.45) is 0. The van der Waals surface area contributed by atoms with Crippen molar-refractivity contribution in [1.82, 2.24) is 0 Å². The smallest absolute Gasteiger partial charge is 0.158 e. The van der Waals surface area contributed by atoms with E-state index in [2.05, 4.69) is 175 Å². The predicted octanol–water partition coefficient (Wildman–Crippen LogP) is 12.3. The highest BCUT2D eigenvalue weighted by Crippen LogP contribution is 2.73. The van der Waals surface area contributed by atoms with E-state index in [0.29, 0.717) is 0 Å². The third-order valence-electron chi connectivity index (χ3n) is 8.39. The lowest BCUT2D eigenvalue weighted by molar-refractivity contribution is 0.670. The van der Waals surface area contributed by atoms with E-state index in [1.54, 1.807) is 0 Å². The Morgan fingerprint density at radius 1 is 0.400 bits per heavy atom. The van der Waals surface area contributed by atoms with Crippen LogP contribution in [0.1, 0.15) is 0 Å². The number of hydrogen-bond donors (Lipinski definition) is 1. The zero-order chi connectivity index (χ0) is 30.1. The molecule has 1 heterocycles. The molecule has 3 heteroatoms. The van der Waals surface area contributed by atoms with Gasteiger partial charge in [0.25, 0.3) is 0 Å². The molecular weight excluding hydrogens is 567 g/mol. The lowest BCUT2D eigenvalue weighted by Crippen LogP contribution is -2.05. The largest absolute Gasteiger partial charge is 0.454 e. The number of para-hydroxylation sites is 3. The van der Waals surface area contributed by atoms with Gasteiger partial charge >= 0.3 is 0 Å². The van der Waals surface area contributed by atoms with Crippen LogP contribution in [0.25, 0.3) is 33.1 Å². The van der Waals surface area contributed by atoms with Crippen molar-refractivity contribution < 1.29 is 4.42 Å². The van der Waals surface area contributed by atoms with E-state index in [-0.39, 0.29) is 0 Å². The van der Waals surface area contributed by atoms with Gasteiger partial charge in [0.1, 0.15) is 5.58 Å². The molecule has 0 aliphatic heterocycles. The molecular formula is C42H31NOS. The first-order valence-electron chi connectivity index (χ1n) is 15.2. The van der Waals surface area contributed by atoms with Crippen LogP contribution in [0.5, 0.6) is 0 Å². The van der Waals surface area contributed by atoms with Gasteiger partial charge in [-0.2, -0.15) is 0 Å². The lowest BCUT2D eigenvalue weighted by atomic mass is 10.0. The van der Waals surface area contributed by atoms with Gasteiger partial charge in [0.15, 0.2) is 5.58 Å². The maximum atomic E-state index is 6.35. The van der Waals surface area contributed by atoms with Crippen molar-refractivity contribution in [3.8, 4) is 11.1 Å². The van der Waals surface area contributed by atoms with Crippen LogP contribution in [0.15, 0.2) is 206 Å². The van der Waals surface area contributed by atoms with Gasteiger partial charge < -0.3 is 9.73 Å². The molecule has 0 saturated heterocycles. The van der Waals surface area contributed by atoms with Crippen molar-refractivity contribution in [2.24, 2.45) is 0 Å². The first kappa shape index (κ1) is 27.1. The molecule has 0 radical (unpaired) electrons. The molecule has 0 aliphatic rings. The molecule has 1 aromatic heterocycles. The summed E-state index contributed by atoms with van der Waals surface area (Å²) in [5.74, 6) is 0. The Bertz CT molecular complexity index is 2140. The Morgan fingerprint density at radius 3 is 1.60 bits per heavy atom. The van der Waals surface area contributed by atoms with Gasteiger partial charge in [-0.3, -0.25) is 0 Å². The molecule has 0 unspecified atom stereocenters. The maximum absolute atomic E-state index is 6.35. The highest BCUT2D eigenvalue weighted by atomic mass is 32.3. The summed E-state index contributed by atoms with van der Waals surface area (Å²) in [6, 6.07) is 65.1. The third kappa shape index (κ3) is 4.69. The Balaban J connectivity index is 1.30. The van der Waals surface area contributed by atoms with Gasteiger partial charge in [-0.1, -0.05) is 115 Å². The van der Waals surface area contributed by atoms with Crippen LogP contribution < -0.4 is 5.32 Å². The minimum absolute atomic E-state index is 0.864. The van der Waals surface area contributed by atoms with Crippen molar-refractivity contribution in [3.63, 3.8) is 0 Å². The van der Waals surface area contributed by atoms with Crippen molar-refractivity contribution in [1.29, 1.82) is 0 Å². The number of nitrogens with one attached hydrogen (secondary N) is 1. The zero-order valence-electron chi connectivity index (χ0n) is 24.6. The second-order valence-electron chi connectivity index (χ2n) is 11.0. The highest BCUT2D eigenvalue weighted by Gasteiger charge is 2.33. The van der Waals surface area contributed by atoms with Crippen molar-refractivity contribution in [2.45, 2.75) is 19.6 Å². The second kappa shape index (κ2) is 11.5. The molecule has 0 amide bonds. The molecule has 216 valence electrons. The van der Waals surface area contributed by atoms with Gasteiger partial charge in [0.05, 0.1) is 5.69 Å². The molecule has 7 aromatic carbocycles. The minimum atomic E-state index is -1.79. The normalized spacial score (nSPS) is 11.9. The van der Waals surface area contributed by atoms with Crippen LogP contribution in [0.4, 0.5) is 11.4 Å². The summed E-state index contributed by atoms with van der Waals surface area (Å²) in [7, 11) is -1.79. The number of fused-ring (bicyclic) bond motifs is 3. The molecule has 1 N–H and O–H groups in total. The van der Waals surface area contributed by atoms with E-state index in [9.17, 15) is 0 Å². The minimum Gasteiger partial charge on any atom is -0.454 e. The number of anilines is 2. The standard InChI is InChI=1S/C42H31NOS/c1-4-17-32(18-5-1)45(33-19-6-2-7-20-33,34-21-8-3-9-22-34)35-23-14-16-31(30-35)36-24-10-12-27-39(36)43-40-28-15-26-38-37-25-11-13-29-41(37)44-42(38)40/h1-30,43H. The molecule has 8 aromatic rings. The molecule has 0 atom stereocenters. The van der Waals surface area contributed by atoms with E-state index < -0.39 is 10.0 Å². The summed E-state index contributed by atoms with van der Waals surface area (Å²) in [6.45, 7) is 0. The Kier molecular flexibility index (Phi) is 6.94. The van der Waals surface area contributed by atoms with Gasteiger partial charge in [0, 0.05) is 41.6 Å². The summed E-state index contributed by atoms with van der Waals surface area (Å²) in [5.41, 5.74) is 6.03. The van der Waals surface area contributed by atoms with E-state index >= 15 is 0 Å². The average Bonchev–Trinajstić information content (AvgIpc) is 3.50. The number of rotatable bonds is 7. The summed E-state index contributed by atoms with van der Waals surface area (Å²) in [5, 5.41) is 5.97. The van der Waals surface area contributed by atoms with Crippen LogP contribution >= 0.6 is 10.0 Å². The van der Waals surface area contributed by atoms with Crippen LogP contribution in [0.2, 0.25) is 0 Å². The van der Waals surface area contributed by atoms with Gasteiger partial charge in [-0.25, -0.2) is 0 Å². The number of benzene rings is 7. The molecule has 0 fully saturated rings. The first-order chi connectivity index (χ1) is 22.3. The number of hydrogen-bond acceptors (Lipinski definition) is 2. The molecule has 45 heavy (non-hydrogen) atoms. The average molecular weight is 598 g/mol. The van der Waals surface area contributed by atoms with Gasteiger partial charge in [-0.05, 0) is 72.3 Å². The van der Waals surface area contributed by atoms with E-state index in [1.807, 2.05) is 12.1 Å². The predicted molar refractivity (Wildman–Crippen MR) is 189 cm³/mol. The third-order valence-corrected chi connectivity index (χ3v) is 12.3. The van der Waals surface area contributed by atoms with Gasteiger partial charge in [-0.15, -0.1) is 10.0 Å². The fourth-order valence-corrected chi connectivity index (χ4v) is 10.3.